The molecule has 4 N–H and O–H groups in total. The van der Waals surface area contributed by atoms with E-state index in [1.54, 1.807) is 19.9 Å². The van der Waals surface area contributed by atoms with Gasteiger partial charge in [-0.05, 0) is 31.4 Å². The lowest BCUT2D eigenvalue weighted by Crippen LogP contribution is -2.37. The van der Waals surface area contributed by atoms with E-state index in [-0.39, 0.29) is 21.7 Å². The first-order valence-electron chi connectivity index (χ1n) is 6.83. The molecule has 0 radical (unpaired) electrons. The van der Waals surface area contributed by atoms with Crippen LogP contribution in [0.5, 0.6) is 0 Å². The zero-order valence-electron chi connectivity index (χ0n) is 13.6. The van der Waals surface area contributed by atoms with Gasteiger partial charge in [-0.1, -0.05) is 0 Å². The summed E-state index contributed by atoms with van der Waals surface area (Å²) < 4.78 is 33.1. The number of anilines is 1. The zero-order valence-corrected chi connectivity index (χ0v) is 15.2. The number of aromatic nitrogens is 2. The number of thiophene rings is 1. The van der Waals surface area contributed by atoms with Crippen LogP contribution in [-0.2, 0) is 14.8 Å². The smallest absolute Gasteiger partial charge is 0.349 e. The van der Waals surface area contributed by atoms with Crippen LogP contribution in [0.25, 0.3) is 0 Å². The lowest BCUT2D eigenvalue weighted by molar-refractivity contribution is 0.0602. The molecule has 2 aromatic heterocycles. The largest absolute Gasteiger partial charge is 0.465 e. The van der Waals surface area contributed by atoms with Gasteiger partial charge in [-0.3, -0.25) is 10.7 Å². The Bertz CT molecular complexity index is 902. The van der Waals surface area contributed by atoms with Crippen molar-refractivity contribution in [1.29, 1.82) is 0 Å². The van der Waals surface area contributed by atoms with Crippen LogP contribution in [0.2, 0.25) is 0 Å². The SMILES string of the molecule is COC(=O)c1sccc1S(=O)(=O)N=C(NN)Nc1nc(C)cc(C)n1. The van der Waals surface area contributed by atoms with E-state index in [0.717, 1.165) is 18.4 Å². The van der Waals surface area contributed by atoms with Crippen LogP contribution in [0.1, 0.15) is 21.1 Å². The average Bonchev–Trinajstić information content (AvgIpc) is 3.02. The van der Waals surface area contributed by atoms with Crippen molar-refractivity contribution in [3.63, 3.8) is 0 Å². The molecular formula is C13H16N6O4S2. The Morgan fingerprint density at radius 1 is 1.32 bits per heavy atom. The Balaban J connectivity index is 2.38. The second-order valence-electron chi connectivity index (χ2n) is 4.76. The molecule has 0 aliphatic rings. The Hall–Kier alpha value is -2.57. The molecule has 0 aliphatic heterocycles. The number of esters is 1. The number of nitrogens with zero attached hydrogens (tertiary/aromatic N) is 3. The van der Waals surface area contributed by atoms with Crippen molar-refractivity contribution < 1.29 is 17.9 Å². The third kappa shape index (κ3) is 4.49. The second-order valence-corrected chi connectivity index (χ2v) is 7.25. The summed E-state index contributed by atoms with van der Waals surface area (Å²) in [5.41, 5.74) is 3.50. The molecule has 0 spiro atoms. The number of methoxy groups -OCH3 is 1. The molecule has 0 fully saturated rings. The van der Waals surface area contributed by atoms with Crippen molar-refractivity contribution >= 4 is 39.2 Å². The van der Waals surface area contributed by atoms with Crippen LogP contribution in [-0.4, -0.2) is 37.4 Å². The van der Waals surface area contributed by atoms with E-state index in [2.05, 4.69) is 29.8 Å². The lowest BCUT2D eigenvalue weighted by atomic mass is 10.4. The van der Waals surface area contributed by atoms with Crippen molar-refractivity contribution in [2.45, 2.75) is 18.7 Å². The summed E-state index contributed by atoms with van der Waals surface area (Å²) >= 11 is 0.932. The van der Waals surface area contributed by atoms with E-state index in [9.17, 15) is 13.2 Å². The number of carbonyl (C=O) groups is 1. The Labute approximate surface area is 148 Å². The van der Waals surface area contributed by atoms with Crippen molar-refractivity contribution in [3.8, 4) is 0 Å². The van der Waals surface area contributed by atoms with Crippen molar-refractivity contribution in [2.75, 3.05) is 12.4 Å². The normalized spacial score (nSPS) is 11.9. The maximum absolute atomic E-state index is 12.5. The molecule has 0 aliphatic carbocycles. The molecule has 0 atom stereocenters. The highest BCUT2D eigenvalue weighted by Crippen LogP contribution is 2.24. The van der Waals surface area contributed by atoms with E-state index < -0.39 is 16.0 Å². The first kappa shape index (κ1) is 18.8. The molecule has 0 saturated heterocycles. The lowest BCUT2D eigenvalue weighted by Gasteiger charge is -2.09. The van der Waals surface area contributed by atoms with Crippen molar-refractivity contribution in [1.82, 2.24) is 15.4 Å². The number of rotatable bonds is 4. The third-order valence-electron chi connectivity index (χ3n) is 2.84. The number of carbonyl (C=O) groups excluding carboxylic acids is 1. The van der Waals surface area contributed by atoms with Crippen LogP contribution in [0.3, 0.4) is 0 Å². The molecule has 0 aromatic carbocycles. The van der Waals surface area contributed by atoms with Gasteiger partial charge in [0.05, 0.1) is 7.11 Å². The molecule has 134 valence electrons. The number of ether oxygens (including phenoxy) is 1. The van der Waals surface area contributed by atoms with Gasteiger partial charge in [0.2, 0.25) is 11.9 Å². The highest BCUT2D eigenvalue weighted by molar-refractivity contribution is 7.90. The van der Waals surface area contributed by atoms with Gasteiger partial charge in [0.15, 0.2) is 0 Å². The van der Waals surface area contributed by atoms with Crippen LogP contribution < -0.4 is 16.6 Å². The highest BCUT2D eigenvalue weighted by atomic mass is 32.2. The number of guanidine groups is 1. The fourth-order valence-corrected chi connectivity index (χ4v) is 4.13. The summed E-state index contributed by atoms with van der Waals surface area (Å²) in [5.74, 6) is 4.39. The molecule has 10 nitrogen and oxygen atoms in total. The van der Waals surface area contributed by atoms with Crippen LogP contribution >= 0.6 is 11.3 Å². The number of sulfonamides is 1. The minimum absolute atomic E-state index is 0.0785. The molecule has 2 heterocycles. The summed E-state index contributed by atoms with van der Waals surface area (Å²) in [6.45, 7) is 3.52. The second kappa shape index (κ2) is 7.55. The monoisotopic (exact) mass is 384 g/mol. The minimum Gasteiger partial charge on any atom is -0.465 e. The molecule has 12 heteroatoms. The Kier molecular flexibility index (Phi) is 5.66. The first-order valence-corrected chi connectivity index (χ1v) is 9.15. The first-order chi connectivity index (χ1) is 11.8. The van der Waals surface area contributed by atoms with Gasteiger partial charge in [-0.15, -0.1) is 15.7 Å². The van der Waals surface area contributed by atoms with E-state index in [1.807, 2.05) is 0 Å². The predicted octanol–water partition coefficient (Wildman–Crippen LogP) is 0.562. The molecule has 0 amide bonds. The third-order valence-corrected chi connectivity index (χ3v) is 5.18. The molecule has 0 saturated carbocycles. The fourth-order valence-electron chi connectivity index (χ4n) is 1.88. The van der Waals surface area contributed by atoms with Gasteiger partial charge in [-0.2, -0.15) is 8.42 Å². The van der Waals surface area contributed by atoms with Crippen LogP contribution in [0, 0.1) is 13.8 Å². The summed E-state index contributed by atoms with van der Waals surface area (Å²) in [6, 6.07) is 3.01. The molecule has 25 heavy (non-hydrogen) atoms. The van der Waals surface area contributed by atoms with Crippen molar-refractivity contribution in [3.05, 3.63) is 33.8 Å². The predicted molar refractivity (Wildman–Crippen MR) is 92.7 cm³/mol. The number of aryl methyl sites for hydroxylation is 2. The van der Waals surface area contributed by atoms with Gasteiger partial charge in [0, 0.05) is 11.4 Å². The minimum atomic E-state index is -4.22. The highest BCUT2D eigenvalue weighted by Gasteiger charge is 2.25. The number of nitrogens with two attached hydrogens (primary N) is 1. The summed E-state index contributed by atoms with van der Waals surface area (Å²) in [5, 5.41) is 4.04. The molecule has 2 rings (SSSR count). The van der Waals surface area contributed by atoms with Gasteiger partial charge in [-0.25, -0.2) is 20.6 Å². The fraction of sp³-hybridized carbons (Fsp3) is 0.231. The van der Waals surface area contributed by atoms with Gasteiger partial charge in [0.1, 0.15) is 9.77 Å². The molecule has 0 unspecified atom stereocenters. The van der Waals surface area contributed by atoms with Crippen LogP contribution in [0.4, 0.5) is 5.95 Å². The molecular weight excluding hydrogens is 368 g/mol. The Morgan fingerprint density at radius 2 is 1.96 bits per heavy atom. The van der Waals surface area contributed by atoms with Gasteiger partial charge < -0.3 is 4.74 Å². The number of nitrogens with one attached hydrogen (secondary N) is 2. The zero-order chi connectivity index (χ0) is 18.6. The maximum Gasteiger partial charge on any atom is 0.349 e. The van der Waals surface area contributed by atoms with E-state index in [0.29, 0.717) is 11.4 Å². The topological polar surface area (TPSA) is 149 Å². The summed E-state index contributed by atoms with van der Waals surface area (Å²) in [7, 11) is -3.06. The maximum atomic E-state index is 12.5. The Morgan fingerprint density at radius 3 is 2.52 bits per heavy atom. The number of hydrogen-bond acceptors (Lipinski definition) is 8. The van der Waals surface area contributed by atoms with E-state index >= 15 is 0 Å². The standard InChI is InChI=1S/C13H16N6O4S2/c1-7-6-8(2)16-12(15-7)17-13(18-14)19-25(21,22)9-4-5-24-10(9)11(20)23-3/h4-6H,14H2,1-3H3,(H2,15,16,17,18,19). The van der Waals surface area contributed by atoms with Crippen molar-refractivity contribution in [2.24, 2.45) is 10.2 Å². The molecule has 2 aromatic rings. The quantitative estimate of drug-likeness (QED) is 0.226. The number of hydrazine groups is 1. The average molecular weight is 384 g/mol. The summed E-state index contributed by atoms with van der Waals surface area (Å²) in [4.78, 5) is 19.5. The van der Waals surface area contributed by atoms with Gasteiger partial charge >= 0.3 is 5.97 Å². The van der Waals surface area contributed by atoms with Crippen LogP contribution in [0.15, 0.2) is 26.8 Å². The molecule has 0 bridgehead atoms. The summed E-state index contributed by atoms with van der Waals surface area (Å²) in [6.07, 6.45) is 0. The van der Waals surface area contributed by atoms with E-state index in [1.165, 1.54) is 11.4 Å². The van der Waals surface area contributed by atoms with Gasteiger partial charge in [0.25, 0.3) is 10.0 Å². The number of hydrogen-bond donors (Lipinski definition) is 3. The van der Waals surface area contributed by atoms with E-state index in [4.69, 9.17) is 5.84 Å².